The number of carbonyl (C=O) groups is 5. The van der Waals surface area contributed by atoms with Crippen LogP contribution in [0.1, 0.15) is 74.4 Å². The number of hydrogen-bond donors (Lipinski definition) is 2. The quantitative estimate of drug-likeness (QED) is 0.474. The molecule has 3 aliphatic heterocycles. The fourth-order valence-corrected chi connectivity index (χ4v) is 4.73. The van der Waals surface area contributed by atoms with Crippen LogP contribution in [0.25, 0.3) is 0 Å². The van der Waals surface area contributed by atoms with Gasteiger partial charge < -0.3 is 15.0 Å². The average molecular weight is 509 g/mol. The molecule has 37 heavy (non-hydrogen) atoms. The zero-order chi connectivity index (χ0) is 26.7. The van der Waals surface area contributed by atoms with Crippen molar-refractivity contribution >= 4 is 29.7 Å². The van der Waals surface area contributed by atoms with Gasteiger partial charge in [-0.2, -0.15) is 0 Å². The van der Waals surface area contributed by atoms with E-state index in [1.807, 2.05) is 26.8 Å². The Labute approximate surface area is 216 Å². The van der Waals surface area contributed by atoms with Gasteiger partial charge in [0.15, 0.2) is 0 Å². The lowest BCUT2D eigenvalue weighted by atomic mass is 10.0. The molecule has 5 amide bonds. The summed E-state index contributed by atoms with van der Waals surface area (Å²) in [5.74, 6) is 4.04. The summed E-state index contributed by atoms with van der Waals surface area (Å²) in [5.41, 5.74) is 1.46. The van der Waals surface area contributed by atoms with Crippen LogP contribution in [0.5, 0.6) is 0 Å². The largest absolute Gasteiger partial charge is 0.444 e. The number of piperidine rings is 2. The van der Waals surface area contributed by atoms with Gasteiger partial charge in [-0.25, -0.2) is 4.79 Å². The van der Waals surface area contributed by atoms with Crippen LogP contribution >= 0.6 is 0 Å². The van der Waals surface area contributed by atoms with Crippen molar-refractivity contribution in [1.29, 1.82) is 0 Å². The molecule has 0 aliphatic carbocycles. The van der Waals surface area contributed by atoms with E-state index in [4.69, 9.17) is 4.74 Å². The van der Waals surface area contributed by atoms with E-state index in [0.29, 0.717) is 24.9 Å². The molecule has 3 aliphatic rings. The molecule has 0 saturated carbocycles. The van der Waals surface area contributed by atoms with Crippen molar-refractivity contribution in [2.45, 2.75) is 83.6 Å². The minimum Gasteiger partial charge on any atom is -0.444 e. The van der Waals surface area contributed by atoms with E-state index in [-0.39, 0.29) is 37.4 Å². The molecule has 4 rings (SSSR count). The number of nitrogens with zero attached hydrogens (tertiary/aromatic N) is 2. The number of likely N-dealkylation sites (tertiary alicyclic amines) is 1. The van der Waals surface area contributed by atoms with Gasteiger partial charge in [0.1, 0.15) is 11.6 Å². The van der Waals surface area contributed by atoms with Crippen LogP contribution in [0.2, 0.25) is 0 Å². The number of ether oxygens (including phenoxy) is 1. The van der Waals surface area contributed by atoms with Crippen molar-refractivity contribution in [3.8, 4) is 11.8 Å². The Morgan fingerprint density at radius 1 is 1.16 bits per heavy atom. The first-order chi connectivity index (χ1) is 17.5. The molecule has 2 N–H and O–H groups in total. The standard InChI is InChI=1S/C27H32N4O6/c1-27(2,3)37-26(36)30-13-5-4-6-19(30)8-11-22(32)28-15-17-7-9-20-18(14-17)16-31(25(20)35)21-10-12-23(33)29-24(21)34/h7,9,14,19,21H,4-6,10,12-13,15-16H2,1-3H3,(H,28,32)(H,29,33,34). The molecule has 3 heterocycles. The highest BCUT2D eigenvalue weighted by Gasteiger charge is 2.39. The molecule has 2 unspecified atom stereocenters. The summed E-state index contributed by atoms with van der Waals surface area (Å²) in [6.07, 6.45) is 2.55. The predicted molar refractivity (Wildman–Crippen MR) is 133 cm³/mol. The van der Waals surface area contributed by atoms with Gasteiger partial charge in [0.2, 0.25) is 11.8 Å². The maximum absolute atomic E-state index is 12.8. The van der Waals surface area contributed by atoms with Gasteiger partial charge in [-0.05, 0) is 69.6 Å². The van der Waals surface area contributed by atoms with Gasteiger partial charge in [0, 0.05) is 31.6 Å². The molecule has 2 fully saturated rings. The molecule has 2 atom stereocenters. The van der Waals surface area contributed by atoms with Crippen LogP contribution in [0.4, 0.5) is 4.79 Å². The normalized spacial score (nSPS) is 21.5. The monoisotopic (exact) mass is 508 g/mol. The van der Waals surface area contributed by atoms with Crippen molar-refractivity contribution in [3.05, 3.63) is 34.9 Å². The third kappa shape index (κ3) is 6.28. The fourth-order valence-electron chi connectivity index (χ4n) is 4.73. The summed E-state index contributed by atoms with van der Waals surface area (Å²) >= 11 is 0. The third-order valence-electron chi connectivity index (χ3n) is 6.52. The molecule has 0 aromatic heterocycles. The van der Waals surface area contributed by atoms with Crippen molar-refractivity contribution in [3.63, 3.8) is 0 Å². The van der Waals surface area contributed by atoms with Gasteiger partial charge >= 0.3 is 6.09 Å². The molecule has 2 saturated heterocycles. The number of amides is 5. The second-order valence-corrected chi connectivity index (χ2v) is 10.5. The number of rotatable bonds is 3. The van der Waals surface area contributed by atoms with Gasteiger partial charge in [-0.1, -0.05) is 18.1 Å². The van der Waals surface area contributed by atoms with Gasteiger partial charge in [-0.3, -0.25) is 29.4 Å². The zero-order valence-corrected chi connectivity index (χ0v) is 21.4. The van der Waals surface area contributed by atoms with Crippen molar-refractivity contribution in [2.24, 2.45) is 0 Å². The minimum atomic E-state index is -0.670. The summed E-state index contributed by atoms with van der Waals surface area (Å²) in [6.45, 7) is 6.45. The Morgan fingerprint density at radius 3 is 2.68 bits per heavy atom. The van der Waals surface area contributed by atoms with E-state index in [1.54, 1.807) is 17.0 Å². The summed E-state index contributed by atoms with van der Waals surface area (Å²) in [7, 11) is 0. The molecule has 0 spiro atoms. The first kappa shape index (κ1) is 26.2. The molecule has 0 bridgehead atoms. The van der Waals surface area contributed by atoms with Crippen molar-refractivity contribution in [1.82, 2.24) is 20.4 Å². The van der Waals surface area contributed by atoms with Gasteiger partial charge in [-0.15, -0.1) is 0 Å². The maximum atomic E-state index is 12.8. The van der Waals surface area contributed by atoms with Gasteiger partial charge in [0.25, 0.3) is 11.8 Å². The number of nitrogens with one attached hydrogen (secondary N) is 2. The molecule has 196 valence electrons. The third-order valence-corrected chi connectivity index (χ3v) is 6.52. The molecule has 1 aromatic carbocycles. The van der Waals surface area contributed by atoms with Crippen LogP contribution in [0, 0.1) is 11.8 Å². The van der Waals surface area contributed by atoms with E-state index in [2.05, 4.69) is 22.5 Å². The average Bonchev–Trinajstić information content (AvgIpc) is 3.16. The molecule has 0 radical (unpaired) electrons. The lowest BCUT2D eigenvalue weighted by Gasteiger charge is -2.34. The van der Waals surface area contributed by atoms with Crippen molar-refractivity contribution < 1.29 is 28.7 Å². The molecule has 1 aromatic rings. The first-order valence-corrected chi connectivity index (χ1v) is 12.6. The van der Waals surface area contributed by atoms with E-state index in [1.165, 1.54) is 4.90 Å². The Kier molecular flexibility index (Phi) is 7.52. The SMILES string of the molecule is CC(C)(C)OC(=O)N1CCCCC1C#CC(=O)NCc1ccc2c(c1)CN(C1CCC(=O)NC1=O)C2=O. The Balaban J connectivity index is 1.34. The minimum absolute atomic E-state index is 0.200. The first-order valence-electron chi connectivity index (χ1n) is 12.6. The highest BCUT2D eigenvalue weighted by atomic mass is 16.6. The van der Waals surface area contributed by atoms with E-state index < -0.39 is 29.6 Å². The topological polar surface area (TPSA) is 125 Å². The fraction of sp³-hybridized carbons (Fsp3) is 0.519. The number of hydrogen-bond acceptors (Lipinski definition) is 6. The van der Waals surface area contributed by atoms with Crippen LogP contribution in [0.3, 0.4) is 0 Å². The van der Waals surface area contributed by atoms with Crippen LogP contribution in [-0.2, 0) is 32.2 Å². The Hall–Kier alpha value is -3.87. The Morgan fingerprint density at radius 2 is 1.95 bits per heavy atom. The lowest BCUT2D eigenvalue weighted by Crippen LogP contribution is -2.52. The number of fused-ring (bicyclic) bond motifs is 1. The number of benzene rings is 1. The number of carbonyl (C=O) groups excluding carboxylic acids is 5. The van der Waals surface area contributed by atoms with Crippen molar-refractivity contribution in [2.75, 3.05) is 6.54 Å². The molecular weight excluding hydrogens is 476 g/mol. The Bertz CT molecular complexity index is 1190. The smallest absolute Gasteiger partial charge is 0.411 e. The van der Waals surface area contributed by atoms with Gasteiger partial charge in [0.05, 0.1) is 6.04 Å². The predicted octanol–water partition coefficient (Wildman–Crippen LogP) is 1.86. The second kappa shape index (κ2) is 10.6. The number of imide groups is 1. The van der Waals surface area contributed by atoms with Crippen LogP contribution < -0.4 is 10.6 Å². The summed E-state index contributed by atoms with van der Waals surface area (Å²) in [6, 6.07) is 4.23. The molecule has 10 heteroatoms. The lowest BCUT2D eigenvalue weighted by molar-refractivity contribution is -0.137. The van der Waals surface area contributed by atoms with E-state index in [0.717, 1.165) is 24.0 Å². The van der Waals surface area contributed by atoms with E-state index >= 15 is 0 Å². The molecular formula is C27H32N4O6. The highest BCUT2D eigenvalue weighted by Crippen LogP contribution is 2.28. The summed E-state index contributed by atoms with van der Waals surface area (Å²) < 4.78 is 5.47. The summed E-state index contributed by atoms with van der Waals surface area (Å²) in [4.78, 5) is 64.5. The highest BCUT2D eigenvalue weighted by molar-refractivity contribution is 6.05. The van der Waals surface area contributed by atoms with Crippen LogP contribution in [0.15, 0.2) is 18.2 Å². The zero-order valence-electron chi connectivity index (χ0n) is 21.4. The molecule has 10 nitrogen and oxygen atoms in total. The summed E-state index contributed by atoms with van der Waals surface area (Å²) in [5, 5.41) is 5.05. The maximum Gasteiger partial charge on any atom is 0.411 e. The second-order valence-electron chi connectivity index (χ2n) is 10.5. The van der Waals surface area contributed by atoms with E-state index in [9.17, 15) is 24.0 Å². The van der Waals surface area contributed by atoms with Crippen LogP contribution in [-0.4, -0.2) is 63.8 Å².